The zero-order valence-corrected chi connectivity index (χ0v) is 40.9. The van der Waals surface area contributed by atoms with Crippen LogP contribution in [0.4, 0.5) is 28.4 Å². The van der Waals surface area contributed by atoms with Crippen LogP contribution < -0.4 is 24.6 Å². The first-order chi connectivity index (χ1) is 33.9. The van der Waals surface area contributed by atoms with Crippen LogP contribution in [0.3, 0.4) is 0 Å². The first-order valence-corrected chi connectivity index (χ1v) is 26.8. The molecule has 1 amide bonds. The van der Waals surface area contributed by atoms with Crippen molar-refractivity contribution < 1.29 is 32.3 Å². The average Bonchev–Trinajstić information content (AvgIpc) is 4.01. The molecule has 3 aromatic carbocycles. The Morgan fingerprint density at radius 1 is 0.943 bits per heavy atom. The molecule has 1 spiro atoms. The number of H-pyrrole nitrogens is 1. The summed E-state index contributed by atoms with van der Waals surface area (Å²) in [5.74, 6) is 0.233. The van der Waals surface area contributed by atoms with E-state index < -0.39 is 31.4 Å². The van der Waals surface area contributed by atoms with E-state index in [1.807, 2.05) is 35.4 Å². The van der Waals surface area contributed by atoms with Gasteiger partial charge in [-0.1, -0.05) is 38.1 Å². The molecule has 0 radical (unpaired) electrons. The molecule has 6 aliphatic rings. The number of hydrogen-bond acceptors (Lipinski definition) is 13. The van der Waals surface area contributed by atoms with Gasteiger partial charge in [-0.05, 0) is 129 Å². The third-order valence-corrected chi connectivity index (χ3v) is 17.6. The summed E-state index contributed by atoms with van der Waals surface area (Å²) >= 11 is 0. The number of sulfonamides is 1. The molecule has 0 unspecified atom stereocenters. The van der Waals surface area contributed by atoms with Crippen LogP contribution in [0.15, 0.2) is 83.9 Å². The smallest absolute Gasteiger partial charge is 0.293 e. The second-order valence-corrected chi connectivity index (χ2v) is 22.5. The average molecular weight is 973 g/mol. The van der Waals surface area contributed by atoms with Crippen molar-refractivity contribution in [3.05, 3.63) is 106 Å². The Kier molecular flexibility index (Phi) is 12.7. The maximum absolute atomic E-state index is 14.7. The number of pyridine rings is 1. The number of nitrogens with one attached hydrogen (secondary N) is 3. The lowest BCUT2D eigenvalue weighted by atomic mass is 9.59. The first kappa shape index (κ1) is 46.6. The van der Waals surface area contributed by atoms with Crippen molar-refractivity contribution in [2.24, 2.45) is 17.3 Å². The predicted octanol–water partition coefficient (Wildman–Crippen LogP) is 9.07. The van der Waals surface area contributed by atoms with Crippen LogP contribution in [0, 0.1) is 27.4 Å². The van der Waals surface area contributed by atoms with E-state index >= 15 is 0 Å². The molecule has 3 atom stereocenters. The van der Waals surface area contributed by atoms with Gasteiger partial charge >= 0.3 is 0 Å². The third-order valence-electron chi connectivity index (χ3n) is 16.3. The Morgan fingerprint density at radius 2 is 1.74 bits per heavy atom. The topological polar surface area (TPSA) is 184 Å². The number of carbonyl (C=O) groups excluding carboxylic acids is 1. The minimum Gasteiger partial charge on any atom is -0.472 e. The van der Waals surface area contributed by atoms with E-state index in [0.29, 0.717) is 92.3 Å². The number of rotatable bonds is 12. The molecular formula is C53H64N8O8S. The predicted molar refractivity (Wildman–Crippen MR) is 269 cm³/mol. The molecule has 70 heavy (non-hydrogen) atoms. The second-order valence-electron chi connectivity index (χ2n) is 20.9. The number of hydrogen-bond donors (Lipinski definition) is 3. The van der Waals surface area contributed by atoms with E-state index in [2.05, 4.69) is 62.9 Å². The van der Waals surface area contributed by atoms with Crippen LogP contribution >= 0.6 is 0 Å². The highest BCUT2D eigenvalue weighted by Crippen LogP contribution is 2.54. The van der Waals surface area contributed by atoms with Crippen LogP contribution in [0.25, 0.3) is 11.0 Å². The fourth-order valence-electron chi connectivity index (χ4n) is 12.3. The highest BCUT2D eigenvalue weighted by molar-refractivity contribution is 7.90. The van der Waals surface area contributed by atoms with Gasteiger partial charge < -0.3 is 34.3 Å². The monoisotopic (exact) mass is 972 g/mol. The summed E-state index contributed by atoms with van der Waals surface area (Å²) in [6.07, 6.45) is 10.9. The Balaban J connectivity index is 0.873. The second kappa shape index (κ2) is 19.1. The van der Waals surface area contributed by atoms with Gasteiger partial charge in [0, 0.05) is 87.2 Å². The third kappa shape index (κ3) is 9.09. The Morgan fingerprint density at radius 3 is 2.54 bits per heavy atom. The van der Waals surface area contributed by atoms with Crippen LogP contribution in [-0.4, -0.2) is 105 Å². The normalized spacial score (nSPS) is 23.1. The molecule has 4 saturated heterocycles. The Labute approximate surface area is 409 Å². The molecule has 16 nitrogen and oxygen atoms in total. The summed E-state index contributed by atoms with van der Waals surface area (Å²) in [5.41, 5.74) is 5.97. The largest absolute Gasteiger partial charge is 0.472 e. The molecule has 1 aliphatic carbocycles. The van der Waals surface area contributed by atoms with Gasteiger partial charge in [-0.25, -0.2) is 13.1 Å². The van der Waals surface area contributed by atoms with Gasteiger partial charge in [0.1, 0.15) is 23.1 Å². The van der Waals surface area contributed by atoms with E-state index in [4.69, 9.17) is 19.2 Å². The maximum atomic E-state index is 14.7. The number of fused-ring (bicyclic) bond motifs is 3. The fraction of sp³-hybridized carbons (Fsp3) is 0.509. The molecule has 17 heteroatoms. The van der Waals surface area contributed by atoms with Crippen molar-refractivity contribution in [2.45, 2.75) is 101 Å². The lowest BCUT2D eigenvalue weighted by Gasteiger charge is -2.56. The maximum Gasteiger partial charge on any atom is 0.293 e. The number of nitro benzene ring substituents is 1. The highest BCUT2D eigenvalue weighted by Gasteiger charge is 2.50. The van der Waals surface area contributed by atoms with Gasteiger partial charge in [0.05, 0.1) is 34.3 Å². The van der Waals surface area contributed by atoms with Gasteiger partial charge in [0.15, 0.2) is 0 Å². The molecule has 5 aromatic rings. The minimum atomic E-state index is -4.59. The number of nitro groups is 1. The number of nitrogens with zero attached hydrogens (tertiary/aromatic N) is 5. The quantitative estimate of drug-likeness (QED) is 0.0796. The van der Waals surface area contributed by atoms with Crippen molar-refractivity contribution in [1.29, 1.82) is 0 Å². The summed E-state index contributed by atoms with van der Waals surface area (Å²) in [7, 11) is -4.59. The van der Waals surface area contributed by atoms with Gasteiger partial charge in [-0.3, -0.25) is 19.8 Å². The number of amides is 1. The lowest BCUT2D eigenvalue weighted by molar-refractivity contribution is -0.384. The minimum absolute atomic E-state index is 0.0841. The highest BCUT2D eigenvalue weighted by atomic mass is 32.2. The van der Waals surface area contributed by atoms with Gasteiger partial charge in [0.25, 0.3) is 21.6 Å². The van der Waals surface area contributed by atoms with E-state index in [0.717, 1.165) is 62.5 Å². The van der Waals surface area contributed by atoms with Crippen LogP contribution in [0.2, 0.25) is 0 Å². The molecule has 7 heterocycles. The number of aromatic amines is 1. The fourth-order valence-corrected chi connectivity index (χ4v) is 13.3. The van der Waals surface area contributed by atoms with E-state index in [1.54, 1.807) is 6.07 Å². The van der Waals surface area contributed by atoms with Gasteiger partial charge in [-0.2, -0.15) is 4.98 Å². The molecule has 1 saturated carbocycles. The van der Waals surface area contributed by atoms with Crippen molar-refractivity contribution in [3.8, 4) is 5.88 Å². The standard InChI is InChI=1S/C53H64N8O8S/c1-34(2)41-6-3-4-7-42(41)45-8-5-20-59(45)39-29-53(30-39)17-21-58(22-18-53)38-9-11-43(46(27-38)60-32-37-33-68-25-16-49(37)69-52-48(60)26-36-13-19-54-50(36)56-52)51(62)57-70(65,66)40-10-12-44(47(28-40)61(63)64)55-31-35-14-23-67-24-15-35/h3-4,6-7,9-13,19,26-28,34-35,37,39,45,49,55H,5,8,14-18,20-25,29-33H2,1-2H3,(H,54,56)(H,57,62)/t37-,45-,49-/m0/s1. The molecule has 370 valence electrons. The number of aromatic nitrogens is 2. The Hall–Kier alpha value is -5.75. The van der Waals surface area contributed by atoms with Crippen molar-refractivity contribution in [3.63, 3.8) is 0 Å². The Bertz CT molecular complexity index is 2870. The van der Waals surface area contributed by atoms with E-state index in [1.165, 1.54) is 48.9 Å². The molecule has 3 N–H and O–H groups in total. The molecule has 11 rings (SSSR count). The van der Waals surface area contributed by atoms with Crippen molar-refractivity contribution in [2.75, 3.05) is 74.3 Å². The number of benzene rings is 3. The van der Waals surface area contributed by atoms with Gasteiger partial charge in [-0.15, -0.1) is 0 Å². The SMILES string of the molecule is CC(C)c1ccccc1[C@@H]1CCCN1C1CC2(CCN(c3ccc(C(=O)NS(=O)(=O)c4ccc(NCC5CCOCC5)c([N+](=O)[O-])c4)c(N4C[C@H]5COCC[C@@H]5Oc5nc6[nH]ccc6cc54)c3)CC2)C1. The van der Waals surface area contributed by atoms with E-state index in [-0.39, 0.29) is 29.2 Å². The van der Waals surface area contributed by atoms with Crippen LogP contribution in [0.5, 0.6) is 5.88 Å². The number of carbonyl (C=O) groups is 1. The number of ether oxygens (including phenoxy) is 3. The number of anilines is 4. The number of likely N-dealkylation sites (tertiary alicyclic amines) is 1. The van der Waals surface area contributed by atoms with Crippen molar-refractivity contribution >= 4 is 55.4 Å². The first-order valence-electron chi connectivity index (χ1n) is 25.3. The molecule has 5 fully saturated rings. The summed E-state index contributed by atoms with van der Waals surface area (Å²) in [6.45, 7) is 10.6. The molecule has 5 aliphatic heterocycles. The summed E-state index contributed by atoms with van der Waals surface area (Å²) < 4.78 is 48.7. The molecule has 2 aromatic heterocycles. The lowest BCUT2D eigenvalue weighted by Crippen LogP contribution is -2.55. The summed E-state index contributed by atoms with van der Waals surface area (Å²) in [4.78, 5) is 41.3. The van der Waals surface area contributed by atoms with Crippen LogP contribution in [0.1, 0.15) is 105 Å². The number of piperidine rings is 1. The zero-order valence-electron chi connectivity index (χ0n) is 40.1. The zero-order chi connectivity index (χ0) is 48.1. The summed E-state index contributed by atoms with van der Waals surface area (Å²) in [6, 6.07) is 23.3. The van der Waals surface area contributed by atoms with Gasteiger partial charge in [0.2, 0.25) is 5.88 Å². The summed E-state index contributed by atoms with van der Waals surface area (Å²) in [5, 5.41) is 16.3. The van der Waals surface area contributed by atoms with Crippen molar-refractivity contribution in [1.82, 2.24) is 19.6 Å². The molecular weight excluding hydrogens is 909 g/mol. The van der Waals surface area contributed by atoms with E-state index in [9.17, 15) is 23.3 Å². The molecule has 0 bridgehead atoms. The van der Waals surface area contributed by atoms with Crippen LogP contribution in [-0.2, 0) is 19.5 Å².